The van der Waals surface area contributed by atoms with Gasteiger partial charge in [0.25, 0.3) is 0 Å². The van der Waals surface area contributed by atoms with Gasteiger partial charge in [0, 0.05) is 23.9 Å². The van der Waals surface area contributed by atoms with E-state index in [1.54, 1.807) is 0 Å². The highest BCUT2D eigenvalue weighted by Crippen LogP contribution is 2.42. The molecule has 1 aromatic carbocycles. The van der Waals surface area contributed by atoms with E-state index in [0.29, 0.717) is 16.0 Å². The van der Waals surface area contributed by atoms with Gasteiger partial charge >= 0.3 is 0 Å². The number of aromatic nitrogens is 1. The summed E-state index contributed by atoms with van der Waals surface area (Å²) in [6.45, 7) is 0. The Morgan fingerprint density at radius 1 is 1.24 bits per heavy atom. The van der Waals surface area contributed by atoms with Gasteiger partial charge in [-0.15, -0.1) is 0 Å². The van der Waals surface area contributed by atoms with E-state index in [9.17, 15) is 0 Å². The van der Waals surface area contributed by atoms with Gasteiger partial charge in [0.05, 0.1) is 10.0 Å². The lowest BCUT2D eigenvalue weighted by Crippen LogP contribution is -2.27. The highest BCUT2D eigenvalue weighted by molar-refractivity contribution is 6.42. The number of hydrogen-bond donors (Lipinski definition) is 1. The van der Waals surface area contributed by atoms with Crippen LogP contribution in [0.15, 0.2) is 36.5 Å². The minimum Gasteiger partial charge on any atom is -0.312 e. The van der Waals surface area contributed by atoms with Crippen LogP contribution in [0, 0.1) is 0 Å². The Balaban J connectivity index is 2.04. The molecular formula is C17H18Cl2N2. The zero-order valence-corrected chi connectivity index (χ0v) is 13.5. The molecular weight excluding hydrogens is 303 g/mol. The van der Waals surface area contributed by atoms with Crippen molar-refractivity contribution in [1.82, 2.24) is 10.3 Å². The minimum absolute atomic E-state index is 0.130. The van der Waals surface area contributed by atoms with E-state index in [2.05, 4.69) is 16.4 Å². The van der Waals surface area contributed by atoms with Gasteiger partial charge in [-0.3, -0.25) is 4.98 Å². The van der Waals surface area contributed by atoms with Crippen molar-refractivity contribution in [3.8, 4) is 0 Å². The Morgan fingerprint density at radius 3 is 2.90 bits per heavy atom. The van der Waals surface area contributed by atoms with E-state index in [1.165, 1.54) is 17.7 Å². The molecule has 2 aromatic rings. The van der Waals surface area contributed by atoms with Gasteiger partial charge in [-0.05, 0) is 49.6 Å². The van der Waals surface area contributed by atoms with Crippen molar-refractivity contribution in [2.24, 2.45) is 0 Å². The van der Waals surface area contributed by atoms with E-state index >= 15 is 0 Å². The first-order valence-electron chi connectivity index (χ1n) is 7.27. The molecule has 0 radical (unpaired) electrons. The molecule has 0 amide bonds. The molecule has 1 aliphatic rings. The molecule has 0 aliphatic heterocycles. The first-order chi connectivity index (χ1) is 10.2. The molecule has 0 spiro atoms. The fourth-order valence-corrected chi connectivity index (χ4v) is 3.73. The van der Waals surface area contributed by atoms with Gasteiger partial charge in [-0.1, -0.05) is 41.4 Å². The normalized spacial score (nSPS) is 19.1. The third-order valence-corrected chi connectivity index (χ3v) is 5.10. The molecule has 1 aliphatic carbocycles. The lowest BCUT2D eigenvalue weighted by atomic mass is 9.79. The summed E-state index contributed by atoms with van der Waals surface area (Å²) in [6, 6.07) is 10.2. The predicted octanol–water partition coefficient (Wildman–Crippen LogP) is 4.77. The zero-order chi connectivity index (χ0) is 14.8. The summed E-state index contributed by atoms with van der Waals surface area (Å²) >= 11 is 12.6. The second kappa shape index (κ2) is 6.35. The monoisotopic (exact) mass is 320 g/mol. The highest BCUT2D eigenvalue weighted by Gasteiger charge is 2.30. The molecule has 0 saturated heterocycles. The summed E-state index contributed by atoms with van der Waals surface area (Å²) in [4.78, 5) is 4.63. The van der Waals surface area contributed by atoms with Crippen LogP contribution >= 0.6 is 23.2 Å². The average molecular weight is 321 g/mol. The molecule has 0 fully saturated rings. The summed E-state index contributed by atoms with van der Waals surface area (Å²) < 4.78 is 0. The molecule has 2 atom stereocenters. The van der Waals surface area contributed by atoms with Crippen LogP contribution in [-0.4, -0.2) is 12.0 Å². The Morgan fingerprint density at radius 2 is 2.10 bits per heavy atom. The molecule has 0 bridgehead atoms. The second-order valence-corrected chi connectivity index (χ2v) is 6.24. The Bertz CT molecular complexity index is 642. The van der Waals surface area contributed by atoms with Gasteiger partial charge in [-0.2, -0.15) is 0 Å². The summed E-state index contributed by atoms with van der Waals surface area (Å²) in [6.07, 6.45) is 5.28. The molecule has 110 valence electrons. The van der Waals surface area contributed by atoms with Crippen LogP contribution in [0.25, 0.3) is 0 Å². The first-order valence-corrected chi connectivity index (χ1v) is 8.03. The third kappa shape index (κ3) is 2.80. The van der Waals surface area contributed by atoms with Crippen molar-refractivity contribution in [1.29, 1.82) is 0 Å². The smallest absolute Gasteiger partial charge is 0.0640 e. The summed E-state index contributed by atoms with van der Waals surface area (Å²) in [7, 11) is 1.97. The number of likely N-dealkylation sites (N-methyl/N-ethyl adjacent to an activating group) is 1. The topological polar surface area (TPSA) is 24.9 Å². The zero-order valence-electron chi connectivity index (χ0n) is 11.9. The Hall–Kier alpha value is -1.09. The SMILES string of the molecule is CNC(c1cccc(Cl)c1Cl)C1CCCc2cccnc21. The number of aryl methyl sites for hydroxylation is 1. The van der Waals surface area contributed by atoms with Gasteiger partial charge in [0.2, 0.25) is 0 Å². The predicted molar refractivity (Wildman–Crippen MR) is 88.2 cm³/mol. The number of benzene rings is 1. The molecule has 1 N–H and O–H groups in total. The van der Waals surface area contributed by atoms with Crippen LogP contribution in [-0.2, 0) is 6.42 Å². The maximum Gasteiger partial charge on any atom is 0.0640 e. The first kappa shape index (κ1) is 14.8. The second-order valence-electron chi connectivity index (χ2n) is 5.46. The van der Waals surface area contributed by atoms with Gasteiger partial charge in [0.15, 0.2) is 0 Å². The van der Waals surface area contributed by atoms with E-state index in [4.69, 9.17) is 23.2 Å². The van der Waals surface area contributed by atoms with Crippen LogP contribution in [0.4, 0.5) is 0 Å². The molecule has 4 heteroatoms. The number of nitrogens with one attached hydrogen (secondary N) is 1. The largest absolute Gasteiger partial charge is 0.312 e. The molecule has 2 unspecified atom stereocenters. The molecule has 2 nitrogen and oxygen atoms in total. The van der Waals surface area contributed by atoms with E-state index in [0.717, 1.165) is 18.4 Å². The van der Waals surface area contributed by atoms with Crippen molar-refractivity contribution in [3.05, 3.63) is 63.4 Å². The summed E-state index contributed by atoms with van der Waals surface area (Å²) in [5, 5.41) is 4.66. The Labute approximate surface area is 135 Å². The van der Waals surface area contributed by atoms with Gasteiger partial charge in [-0.25, -0.2) is 0 Å². The number of rotatable bonds is 3. The fraction of sp³-hybridized carbons (Fsp3) is 0.353. The third-order valence-electron chi connectivity index (χ3n) is 4.27. The summed E-state index contributed by atoms with van der Waals surface area (Å²) in [5.41, 5.74) is 3.60. The van der Waals surface area contributed by atoms with Crippen molar-refractivity contribution < 1.29 is 0 Å². The molecule has 1 heterocycles. The molecule has 21 heavy (non-hydrogen) atoms. The standard InChI is InChI=1S/C17H18Cl2N2/c1-20-17(12-7-3-9-14(18)15(12)19)13-8-2-5-11-6-4-10-21-16(11)13/h3-4,6-7,9-10,13,17,20H,2,5,8H2,1H3. The fourth-order valence-electron chi connectivity index (χ4n) is 3.30. The number of nitrogens with zero attached hydrogens (tertiary/aromatic N) is 1. The van der Waals surface area contributed by atoms with E-state index in [1.807, 2.05) is 37.5 Å². The lowest BCUT2D eigenvalue weighted by molar-refractivity contribution is 0.416. The van der Waals surface area contributed by atoms with Crippen molar-refractivity contribution in [3.63, 3.8) is 0 Å². The van der Waals surface area contributed by atoms with Gasteiger partial charge < -0.3 is 5.32 Å². The van der Waals surface area contributed by atoms with E-state index < -0.39 is 0 Å². The van der Waals surface area contributed by atoms with Crippen molar-refractivity contribution >= 4 is 23.2 Å². The van der Waals surface area contributed by atoms with Crippen molar-refractivity contribution in [2.45, 2.75) is 31.2 Å². The summed E-state index contributed by atoms with van der Waals surface area (Å²) in [5.74, 6) is 0.330. The molecule has 0 saturated carbocycles. The van der Waals surface area contributed by atoms with Crippen LogP contribution in [0.2, 0.25) is 10.0 Å². The minimum atomic E-state index is 0.130. The maximum absolute atomic E-state index is 6.42. The molecule has 3 rings (SSSR count). The number of pyridine rings is 1. The van der Waals surface area contributed by atoms with Crippen LogP contribution in [0.5, 0.6) is 0 Å². The number of hydrogen-bond acceptors (Lipinski definition) is 2. The quantitative estimate of drug-likeness (QED) is 0.881. The lowest BCUT2D eigenvalue weighted by Gasteiger charge is -2.32. The highest BCUT2D eigenvalue weighted by atomic mass is 35.5. The number of halogens is 2. The Kier molecular flexibility index (Phi) is 4.48. The van der Waals surface area contributed by atoms with Crippen LogP contribution < -0.4 is 5.32 Å². The van der Waals surface area contributed by atoms with Crippen LogP contribution in [0.3, 0.4) is 0 Å². The molecule has 1 aromatic heterocycles. The number of fused-ring (bicyclic) bond motifs is 1. The maximum atomic E-state index is 6.42. The van der Waals surface area contributed by atoms with Crippen LogP contribution in [0.1, 0.15) is 41.6 Å². The average Bonchev–Trinajstić information content (AvgIpc) is 2.52. The van der Waals surface area contributed by atoms with E-state index in [-0.39, 0.29) is 6.04 Å². The van der Waals surface area contributed by atoms with Gasteiger partial charge in [0.1, 0.15) is 0 Å². The van der Waals surface area contributed by atoms with Crippen molar-refractivity contribution in [2.75, 3.05) is 7.05 Å².